The Kier molecular flexibility index (Phi) is 3.68. The number of ether oxygens (including phenoxy) is 1. The Morgan fingerprint density at radius 1 is 1.40 bits per heavy atom. The van der Waals surface area contributed by atoms with Crippen LogP contribution < -0.4 is 5.32 Å². The highest BCUT2D eigenvalue weighted by Gasteiger charge is 2.30. The smallest absolute Gasteiger partial charge is 0.0646 e. The molecule has 1 saturated carbocycles. The van der Waals surface area contributed by atoms with Gasteiger partial charge in [0.1, 0.15) is 0 Å². The van der Waals surface area contributed by atoms with Crippen molar-refractivity contribution in [2.45, 2.75) is 51.5 Å². The van der Waals surface area contributed by atoms with E-state index in [1.54, 1.807) is 0 Å². The quantitative estimate of drug-likeness (QED) is 0.774. The Hall–Kier alpha value is -0.0800. The van der Waals surface area contributed by atoms with Crippen LogP contribution in [0, 0.1) is 11.8 Å². The molecule has 88 valence electrons. The molecule has 0 spiro atoms. The van der Waals surface area contributed by atoms with Crippen molar-refractivity contribution in [3.8, 4) is 0 Å². The Bertz CT molecular complexity index is 199. The fourth-order valence-electron chi connectivity index (χ4n) is 2.94. The molecule has 3 atom stereocenters. The van der Waals surface area contributed by atoms with Crippen LogP contribution in [-0.4, -0.2) is 25.3 Å². The summed E-state index contributed by atoms with van der Waals surface area (Å²) in [7, 11) is 0. The SMILES string of the molecule is CC1CCCC(CNC2(C)CCOC2)C1. The van der Waals surface area contributed by atoms with Crippen molar-refractivity contribution in [3.63, 3.8) is 0 Å². The molecule has 1 N–H and O–H groups in total. The van der Waals surface area contributed by atoms with Gasteiger partial charge in [0.25, 0.3) is 0 Å². The summed E-state index contributed by atoms with van der Waals surface area (Å²) in [6, 6.07) is 0. The second-order valence-corrected chi connectivity index (χ2v) is 5.88. The zero-order valence-corrected chi connectivity index (χ0v) is 10.2. The van der Waals surface area contributed by atoms with Gasteiger partial charge in [0.2, 0.25) is 0 Å². The molecule has 1 aliphatic carbocycles. The van der Waals surface area contributed by atoms with Crippen molar-refractivity contribution in [2.24, 2.45) is 11.8 Å². The fraction of sp³-hybridized carbons (Fsp3) is 1.00. The van der Waals surface area contributed by atoms with Crippen LogP contribution in [0.4, 0.5) is 0 Å². The molecule has 0 aromatic rings. The van der Waals surface area contributed by atoms with E-state index in [1.165, 1.54) is 38.6 Å². The Morgan fingerprint density at radius 3 is 2.93 bits per heavy atom. The van der Waals surface area contributed by atoms with Crippen molar-refractivity contribution < 1.29 is 4.74 Å². The minimum atomic E-state index is 0.265. The summed E-state index contributed by atoms with van der Waals surface area (Å²) in [6.07, 6.45) is 6.89. The lowest BCUT2D eigenvalue weighted by Gasteiger charge is -2.31. The van der Waals surface area contributed by atoms with Gasteiger partial charge in [-0.15, -0.1) is 0 Å². The summed E-state index contributed by atoms with van der Waals surface area (Å²) >= 11 is 0. The first-order valence-corrected chi connectivity index (χ1v) is 6.51. The van der Waals surface area contributed by atoms with Gasteiger partial charge in [-0.1, -0.05) is 19.8 Å². The zero-order valence-electron chi connectivity index (χ0n) is 10.2. The van der Waals surface area contributed by atoms with Gasteiger partial charge in [-0.25, -0.2) is 0 Å². The number of hydrogen-bond donors (Lipinski definition) is 1. The van der Waals surface area contributed by atoms with Crippen LogP contribution in [0.5, 0.6) is 0 Å². The molecule has 0 radical (unpaired) electrons. The second kappa shape index (κ2) is 4.84. The summed E-state index contributed by atoms with van der Waals surface area (Å²) in [5, 5.41) is 3.72. The maximum absolute atomic E-state index is 5.46. The van der Waals surface area contributed by atoms with Crippen molar-refractivity contribution in [3.05, 3.63) is 0 Å². The monoisotopic (exact) mass is 211 g/mol. The maximum atomic E-state index is 5.46. The summed E-state index contributed by atoms with van der Waals surface area (Å²) in [5.41, 5.74) is 0.265. The van der Waals surface area contributed by atoms with E-state index in [-0.39, 0.29) is 5.54 Å². The van der Waals surface area contributed by atoms with E-state index in [9.17, 15) is 0 Å². The lowest BCUT2D eigenvalue weighted by Crippen LogP contribution is -2.45. The molecule has 2 heteroatoms. The van der Waals surface area contributed by atoms with Crippen molar-refractivity contribution in [1.29, 1.82) is 0 Å². The molecule has 1 heterocycles. The second-order valence-electron chi connectivity index (χ2n) is 5.88. The molecule has 2 aliphatic rings. The van der Waals surface area contributed by atoms with Gasteiger partial charge in [-0.05, 0) is 44.6 Å². The third-order valence-corrected chi connectivity index (χ3v) is 4.08. The van der Waals surface area contributed by atoms with Crippen molar-refractivity contribution in [1.82, 2.24) is 5.32 Å². The number of nitrogens with one attached hydrogen (secondary N) is 1. The van der Waals surface area contributed by atoms with Crippen LogP contribution in [0.1, 0.15) is 46.0 Å². The Labute approximate surface area is 93.8 Å². The molecule has 1 saturated heterocycles. The molecule has 0 amide bonds. The van der Waals surface area contributed by atoms with Crippen molar-refractivity contribution in [2.75, 3.05) is 19.8 Å². The lowest BCUT2D eigenvalue weighted by molar-refractivity contribution is 0.165. The van der Waals surface area contributed by atoms with Crippen LogP contribution in [0.3, 0.4) is 0 Å². The first kappa shape index (κ1) is 11.4. The molecule has 0 aromatic carbocycles. The van der Waals surface area contributed by atoms with Gasteiger partial charge in [0, 0.05) is 12.1 Å². The van der Waals surface area contributed by atoms with Crippen LogP contribution in [-0.2, 0) is 4.74 Å². The predicted molar refractivity (Wildman–Crippen MR) is 63.0 cm³/mol. The maximum Gasteiger partial charge on any atom is 0.0646 e. The first-order valence-electron chi connectivity index (χ1n) is 6.51. The van der Waals surface area contributed by atoms with E-state index in [0.717, 1.165) is 25.0 Å². The zero-order chi connectivity index (χ0) is 10.7. The van der Waals surface area contributed by atoms with Crippen LogP contribution in [0.2, 0.25) is 0 Å². The summed E-state index contributed by atoms with van der Waals surface area (Å²) < 4.78 is 5.46. The molecule has 0 bridgehead atoms. The van der Waals surface area contributed by atoms with E-state index in [4.69, 9.17) is 4.74 Å². The molecule has 1 aliphatic heterocycles. The van der Waals surface area contributed by atoms with Crippen LogP contribution in [0.15, 0.2) is 0 Å². The minimum absolute atomic E-state index is 0.265. The van der Waals surface area contributed by atoms with E-state index < -0.39 is 0 Å². The predicted octanol–water partition coefficient (Wildman–Crippen LogP) is 2.58. The largest absolute Gasteiger partial charge is 0.379 e. The van der Waals surface area contributed by atoms with Gasteiger partial charge in [0.15, 0.2) is 0 Å². The fourth-order valence-corrected chi connectivity index (χ4v) is 2.94. The molecule has 2 nitrogen and oxygen atoms in total. The molecular formula is C13H25NO. The molecular weight excluding hydrogens is 186 g/mol. The molecule has 0 aromatic heterocycles. The van der Waals surface area contributed by atoms with E-state index in [2.05, 4.69) is 19.2 Å². The summed E-state index contributed by atoms with van der Waals surface area (Å²) in [4.78, 5) is 0. The normalized spacial score (nSPS) is 42.0. The lowest BCUT2D eigenvalue weighted by atomic mass is 9.82. The topological polar surface area (TPSA) is 21.3 Å². The molecule has 3 unspecified atom stereocenters. The van der Waals surface area contributed by atoms with Gasteiger partial charge < -0.3 is 10.1 Å². The van der Waals surface area contributed by atoms with E-state index >= 15 is 0 Å². The van der Waals surface area contributed by atoms with Crippen molar-refractivity contribution >= 4 is 0 Å². The van der Waals surface area contributed by atoms with E-state index in [0.29, 0.717) is 0 Å². The average molecular weight is 211 g/mol. The summed E-state index contributed by atoms with van der Waals surface area (Å²) in [6.45, 7) is 7.73. The summed E-state index contributed by atoms with van der Waals surface area (Å²) in [5.74, 6) is 1.85. The highest BCUT2D eigenvalue weighted by Crippen LogP contribution is 2.29. The van der Waals surface area contributed by atoms with Gasteiger partial charge in [0.05, 0.1) is 6.61 Å². The van der Waals surface area contributed by atoms with Gasteiger partial charge in [-0.2, -0.15) is 0 Å². The third-order valence-electron chi connectivity index (χ3n) is 4.08. The van der Waals surface area contributed by atoms with E-state index in [1.807, 2.05) is 0 Å². The Balaban J connectivity index is 1.72. The highest BCUT2D eigenvalue weighted by molar-refractivity contribution is 4.88. The average Bonchev–Trinajstić information content (AvgIpc) is 2.63. The first-order chi connectivity index (χ1) is 7.18. The number of rotatable bonds is 3. The molecule has 2 rings (SSSR count). The Morgan fingerprint density at radius 2 is 2.27 bits per heavy atom. The molecule has 15 heavy (non-hydrogen) atoms. The third kappa shape index (κ3) is 3.18. The standard InChI is InChI=1S/C13H25NO/c1-11-4-3-5-12(8-11)9-14-13(2)6-7-15-10-13/h11-12,14H,3-10H2,1-2H3. The number of hydrogen-bond acceptors (Lipinski definition) is 2. The van der Waals surface area contributed by atoms with Gasteiger partial charge in [-0.3, -0.25) is 0 Å². The minimum Gasteiger partial charge on any atom is -0.379 e. The van der Waals surface area contributed by atoms with Crippen LogP contribution >= 0.6 is 0 Å². The molecule has 2 fully saturated rings. The van der Waals surface area contributed by atoms with Gasteiger partial charge >= 0.3 is 0 Å². The van der Waals surface area contributed by atoms with Crippen LogP contribution in [0.25, 0.3) is 0 Å². The highest BCUT2D eigenvalue weighted by atomic mass is 16.5.